The zero-order valence-electron chi connectivity index (χ0n) is 13.4. The maximum absolute atomic E-state index is 12.5. The third-order valence-corrected chi connectivity index (χ3v) is 4.96. The number of ether oxygens (including phenoxy) is 1. The Kier molecular flexibility index (Phi) is 5.89. The zero-order chi connectivity index (χ0) is 18.4. The molecule has 7 nitrogen and oxygen atoms in total. The number of hydrogen-bond acceptors (Lipinski definition) is 5. The van der Waals surface area contributed by atoms with Crippen LogP contribution in [0.5, 0.6) is 0 Å². The summed E-state index contributed by atoms with van der Waals surface area (Å²) in [5.74, 6) is -1.87. The van der Waals surface area contributed by atoms with Gasteiger partial charge in [0.2, 0.25) is 10.0 Å². The number of hydrogen-bond donors (Lipinski definition) is 2. The lowest BCUT2D eigenvalue weighted by Gasteiger charge is -2.17. The first-order valence-electron chi connectivity index (χ1n) is 7.31. The molecule has 2 rings (SSSR count). The number of carbonyl (C=O) groups excluding carboxylic acids is 1. The highest BCUT2D eigenvalue weighted by atomic mass is 32.2. The molecule has 0 aliphatic rings. The van der Waals surface area contributed by atoms with E-state index in [0.717, 1.165) is 5.56 Å². The van der Waals surface area contributed by atoms with Gasteiger partial charge in [-0.3, -0.25) is 4.79 Å². The summed E-state index contributed by atoms with van der Waals surface area (Å²) >= 11 is 0. The summed E-state index contributed by atoms with van der Waals surface area (Å²) in [4.78, 5) is 22.6. The van der Waals surface area contributed by atoms with Gasteiger partial charge in [-0.05, 0) is 36.2 Å². The van der Waals surface area contributed by atoms with E-state index in [4.69, 9.17) is 5.11 Å². The zero-order valence-corrected chi connectivity index (χ0v) is 14.2. The van der Waals surface area contributed by atoms with Gasteiger partial charge in [0, 0.05) is 0 Å². The van der Waals surface area contributed by atoms with Crippen molar-refractivity contribution in [2.75, 3.05) is 7.11 Å². The summed E-state index contributed by atoms with van der Waals surface area (Å²) in [6.07, 6.45) is 0.125. The standard InChI is InChI=1S/C17H17NO6S/c1-24-17(21)15(11-12-5-3-2-4-6-12)18-25(22,23)14-9-7-13(8-10-14)16(19)20/h2-10,15,18H,11H2,1H3,(H,19,20)/t15-/m1/s1. The first-order valence-corrected chi connectivity index (χ1v) is 8.79. The molecule has 0 bridgehead atoms. The van der Waals surface area contributed by atoms with Gasteiger partial charge in [0.25, 0.3) is 0 Å². The van der Waals surface area contributed by atoms with E-state index in [1.54, 1.807) is 24.3 Å². The van der Waals surface area contributed by atoms with Gasteiger partial charge in [-0.2, -0.15) is 4.72 Å². The largest absolute Gasteiger partial charge is 0.478 e. The van der Waals surface area contributed by atoms with Crippen LogP contribution in [0.1, 0.15) is 15.9 Å². The number of nitrogens with one attached hydrogen (secondary N) is 1. The second kappa shape index (κ2) is 7.91. The Morgan fingerprint density at radius 1 is 1.08 bits per heavy atom. The van der Waals surface area contributed by atoms with Gasteiger partial charge >= 0.3 is 11.9 Å². The molecule has 2 aromatic rings. The lowest BCUT2D eigenvalue weighted by Crippen LogP contribution is -2.42. The average molecular weight is 363 g/mol. The number of benzene rings is 2. The first kappa shape index (κ1) is 18.6. The number of carbonyl (C=O) groups is 2. The molecule has 0 unspecified atom stereocenters. The van der Waals surface area contributed by atoms with Crippen molar-refractivity contribution in [2.24, 2.45) is 0 Å². The Hall–Kier alpha value is -2.71. The van der Waals surface area contributed by atoms with Crippen molar-refractivity contribution in [1.29, 1.82) is 0 Å². The van der Waals surface area contributed by atoms with E-state index in [1.807, 2.05) is 6.07 Å². The normalized spacial score (nSPS) is 12.4. The lowest BCUT2D eigenvalue weighted by atomic mass is 10.1. The Labute approximate surface area is 145 Å². The third-order valence-electron chi connectivity index (χ3n) is 3.48. The summed E-state index contributed by atoms with van der Waals surface area (Å²) in [5, 5.41) is 8.87. The maximum Gasteiger partial charge on any atom is 0.335 e. The van der Waals surface area contributed by atoms with E-state index < -0.39 is 28.0 Å². The fraction of sp³-hybridized carbons (Fsp3) is 0.176. The lowest BCUT2D eigenvalue weighted by molar-refractivity contribution is -0.142. The second-order valence-electron chi connectivity index (χ2n) is 5.22. The molecule has 0 radical (unpaired) electrons. The molecule has 1 atom stereocenters. The molecule has 0 heterocycles. The minimum absolute atomic E-state index is 0.0345. The van der Waals surface area contributed by atoms with Crippen molar-refractivity contribution < 1.29 is 27.9 Å². The molecule has 132 valence electrons. The topological polar surface area (TPSA) is 110 Å². The van der Waals surface area contributed by atoms with Gasteiger partial charge in [-0.15, -0.1) is 0 Å². The van der Waals surface area contributed by atoms with E-state index in [1.165, 1.54) is 31.4 Å². The maximum atomic E-state index is 12.5. The molecular formula is C17H17NO6S. The van der Waals surface area contributed by atoms with Crippen LogP contribution >= 0.6 is 0 Å². The van der Waals surface area contributed by atoms with Gasteiger partial charge in [-0.1, -0.05) is 30.3 Å². The van der Waals surface area contributed by atoms with Gasteiger partial charge in [0.1, 0.15) is 6.04 Å². The molecule has 0 fully saturated rings. The highest BCUT2D eigenvalue weighted by molar-refractivity contribution is 7.89. The third kappa shape index (κ3) is 4.88. The SMILES string of the molecule is COC(=O)[C@@H](Cc1ccccc1)NS(=O)(=O)c1ccc(C(=O)O)cc1. The van der Waals surface area contributed by atoms with Crippen LogP contribution < -0.4 is 4.72 Å². The van der Waals surface area contributed by atoms with Crippen LogP contribution in [0.4, 0.5) is 0 Å². The van der Waals surface area contributed by atoms with Gasteiger partial charge in [-0.25, -0.2) is 13.2 Å². The molecule has 0 saturated carbocycles. The monoisotopic (exact) mass is 363 g/mol. The van der Waals surface area contributed by atoms with Crippen LogP contribution in [0, 0.1) is 0 Å². The van der Waals surface area contributed by atoms with Gasteiger partial charge in [0.05, 0.1) is 17.6 Å². The number of sulfonamides is 1. The summed E-state index contributed by atoms with van der Waals surface area (Å²) in [6.45, 7) is 0. The van der Waals surface area contributed by atoms with Crippen molar-refractivity contribution in [3.63, 3.8) is 0 Å². The van der Waals surface area contributed by atoms with Crippen LogP contribution in [0.15, 0.2) is 59.5 Å². The van der Waals surface area contributed by atoms with Crippen LogP contribution in [0.3, 0.4) is 0 Å². The number of rotatable bonds is 7. The van der Waals surface area contributed by atoms with E-state index in [-0.39, 0.29) is 16.9 Å². The molecule has 0 aromatic heterocycles. The van der Waals surface area contributed by atoms with Crippen molar-refractivity contribution in [1.82, 2.24) is 4.72 Å². The van der Waals surface area contributed by atoms with Crippen LogP contribution in [-0.4, -0.2) is 38.6 Å². The van der Waals surface area contributed by atoms with Crippen LogP contribution in [0.25, 0.3) is 0 Å². The first-order chi connectivity index (χ1) is 11.8. The van der Waals surface area contributed by atoms with Crippen molar-refractivity contribution in [3.8, 4) is 0 Å². The molecule has 0 aliphatic heterocycles. The highest BCUT2D eigenvalue weighted by Gasteiger charge is 2.26. The van der Waals surface area contributed by atoms with Gasteiger partial charge < -0.3 is 9.84 Å². The summed E-state index contributed by atoms with van der Waals surface area (Å²) < 4.78 is 31.9. The Morgan fingerprint density at radius 3 is 2.20 bits per heavy atom. The average Bonchev–Trinajstić information content (AvgIpc) is 2.61. The molecule has 0 amide bonds. The molecule has 8 heteroatoms. The Bertz CT molecular complexity index is 846. The Morgan fingerprint density at radius 2 is 1.68 bits per heavy atom. The van der Waals surface area contributed by atoms with E-state index in [0.29, 0.717) is 0 Å². The predicted octanol–water partition coefficient (Wildman–Crippen LogP) is 1.45. The molecule has 25 heavy (non-hydrogen) atoms. The quantitative estimate of drug-likeness (QED) is 0.721. The molecule has 2 aromatic carbocycles. The number of carboxylic acid groups (broad SMARTS) is 1. The van der Waals surface area contributed by atoms with Crippen molar-refractivity contribution in [2.45, 2.75) is 17.4 Å². The minimum Gasteiger partial charge on any atom is -0.478 e. The Balaban J connectivity index is 2.24. The molecule has 0 spiro atoms. The molecule has 0 aliphatic carbocycles. The molecule has 2 N–H and O–H groups in total. The number of methoxy groups -OCH3 is 1. The summed E-state index contributed by atoms with van der Waals surface area (Å²) in [7, 11) is -2.84. The van der Waals surface area contributed by atoms with Crippen molar-refractivity contribution in [3.05, 3.63) is 65.7 Å². The predicted molar refractivity (Wildman–Crippen MR) is 89.7 cm³/mol. The summed E-state index contributed by atoms with van der Waals surface area (Å²) in [5.41, 5.74) is 0.731. The molecule has 0 saturated heterocycles. The minimum atomic E-state index is -4.02. The van der Waals surface area contributed by atoms with Crippen LogP contribution in [0.2, 0.25) is 0 Å². The number of carboxylic acids is 1. The van der Waals surface area contributed by atoms with Crippen molar-refractivity contribution >= 4 is 22.0 Å². The van der Waals surface area contributed by atoms with Crippen LogP contribution in [-0.2, 0) is 26.0 Å². The summed E-state index contributed by atoms with van der Waals surface area (Å²) in [6, 6.07) is 12.5. The van der Waals surface area contributed by atoms with Gasteiger partial charge in [0.15, 0.2) is 0 Å². The fourth-order valence-electron chi connectivity index (χ4n) is 2.20. The highest BCUT2D eigenvalue weighted by Crippen LogP contribution is 2.13. The fourth-order valence-corrected chi connectivity index (χ4v) is 3.38. The number of esters is 1. The smallest absolute Gasteiger partial charge is 0.335 e. The van der Waals surface area contributed by atoms with E-state index in [2.05, 4.69) is 9.46 Å². The number of aromatic carboxylic acids is 1. The van der Waals surface area contributed by atoms with E-state index in [9.17, 15) is 18.0 Å². The second-order valence-corrected chi connectivity index (χ2v) is 6.93. The van der Waals surface area contributed by atoms with E-state index >= 15 is 0 Å². The molecular weight excluding hydrogens is 346 g/mol.